The van der Waals surface area contributed by atoms with Crippen molar-refractivity contribution in [2.75, 3.05) is 0 Å². The smallest absolute Gasteiger partial charge is 0.297 e. The van der Waals surface area contributed by atoms with Gasteiger partial charge in [-0.3, -0.25) is 19.6 Å². The molecule has 0 aliphatic carbocycles. The van der Waals surface area contributed by atoms with E-state index in [9.17, 15) is 14.4 Å². The Labute approximate surface area is 71.4 Å². The molecule has 0 spiro atoms. The lowest BCUT2D eigenvalue weighted by atomic mass is 10.2. The quantitative estimate of drug-likeness (QED) is 0.478. The van der Waals surface area contributed by atoms with E-state index in [-0.39, 0.29) is 10.7 Å². The molecular weight excluding hydrogens is 184 g/mol. The predicted octanol–water partition coefficient (Wildman–Crippen LogP) is -0.0808. The van der Waals surface area contributed by atoms with Crippen LogP contribution in [-0.4, -0.2) is 15.8 Å². The van der Waals surface area contributed by atoms with Crippen molar-refractivity contribution < 1.29 is 4.79 Å². The van der Waals surface area contributed by atoms with E-state index in [4.69, 9.17) is 11.6 Å². The first-order chi connectivity index (χ1) is 5.52. The first-order valence-electron chi connectivity index (χ1n) is 3.05. The van der Waals surface area contributed by atoms with Crippen molar-refractivity contribution in [3.63, 3.8) is 0 Å². The van der Waals surface area contributed by atoms with Crippen molar-refractivity contribution in [3.8, 4) is 0 Å². The van der Waals surface area contributed by atoms with Crippen molar-refractivity contribution in [1.82, 2.24) is 9.97 Å². The highest BCUT2D eigenvalue weighted by Gasteiger charge is 2.11. The van der Waals surface area contributed by atoms with Gasteiger partial charge in [-0.15, -0.1) is 0 Å². The lowest BCUT2D eigenvalue weighted by Crippen LogP contribution is -2.27. The van der Waals surface area contributed by atoms with Crippen LogP contribution in [0.5, 0.6) is 0 Å². The van der Waals surface area contributed by atoms with Gasteiger partial charge in [0.1, 0.15) is 10.7 Å². The minimum Gasteiger partial charge on any atom is -0.297 e. The molecular formula is C6H5ClN2O3. The van der Waals surface area contributed by atoms with Gasteiger partial charge in [-0.2, -0.15) is 0 Å². The highest BCUT2D eigenvalue weighted by Crippen LogP contribution is 2.04. The fraction of sp³-hybridized carbons (Fsp3) is 0.167. The van der Waals surface area contributed by atoms with E-state index in [0.29, 0.717) is 0 Å². The third kappa shape index (κ3) is 1.45. The SMILES string of the molecule is CC(=O)c1c(Cl)[nH]c(=O)[nH]c1=O. The molecule has 1 aromatic rings. The van der Waals surface area contributed by atoms with E-state index in [1.807, 2.05) is 4.98 Å². The molecule has 1 rings (SSSR count). The Balaban J connectivity index is 3.60. The van der Waals surface area contributed by atoms with Crippen LogP contribution in [0.2, 0.25) is 5.15 Å². The van der Waals surface area contributed by atoms with Gasteiger partial charge in [0, 0.05) is 0 Å². The molecule has 0 aliphatic rings. The van der Waals surface area contributed by atoms with E-state index < -0.39 is 17.0 Å². The third-order valence-electron chi connectivity index (χ3n) is 1.25. The molecule has 0 unspecified atom stereocenters. The Hall–Kier alpha value is -1.36. The highest BCUT2D eigenvalue weighted by molar-refractivity contribution is 6.32. The average Bonchev–Trinajstić information content (AvgIpc) is 1.82. The molecule has 0 aromatic carbocycles. The number of carbonyl (C=O) groups excluding carboxylic acids is 1. The number of carbonyl (C=O) groups is 1. The number of rotatable bonds is 1. The van der Waals surface area contributed by atoms with E-state index in [2.05, 4.69) is 4.98 Å². The molecule has 0 atom stereocenters. The molecule has 12 heavy (non-hydrogen) atoms. The van der Waals surface area contributed by atoms with Gasteiger partial charge >= 0.3 is 5.69 Å². The summed E-state index contributed by atoms with van der Waals surface area (Å²) in [5.74, 6) is -0.488. The number of H-pyrrole nitrogens is 2. The number of aromatic amines is 2. The molecule has 0 saturated carbocycles. The fourth-order valence-electron chi connectivity index (χ4n) is 0.773. The average molecular weight is 189 g/mol. The van der Waals surface area contributed by atoms with E-state index in [1.165, 1.54) is 6.92 Å². The van der Waals surface area contributed by atoms with Crippen molar-refractivity contribution in [2.45, 2.75) is 6.92 Å². The van der Waals surface area contributed by atoms with Crippen LogP contribution in [0.25, 0.3) is 0 Å². The number of ketones is 1. The summed E-state index contributed by atoms with van der Waals surface area (Å²) in [4.78, 5) is 36.3. The summed E-state index contributed by atoms with van der Waals surface area (Å²) in [7, 11) is 0. The molecule has 0 aliphatic heterocycles. The summed E-state index contributed by atoms with van der Waals surface area (Å²) >= 11 is 5.43. The second-order valence-corrected chi connectivity index (χ2v) is 2.53. The molecule has 2 N–H and O–H groups in total. The van der Waals surface area contributed by atoms with Crippen molar-refractivity contribution >= 4 is 17.4 Å². The Bertz CT molecular complexity index is 431. The maximum atomic E-state index is 10.9. The Kier molecular flexibility index (Phi) is 2.14. The molecule has 5 nitrogen and oxygen atoms in total. The summed E-state index contributed by atoms with van der Waals surface area (Å²) in [5, 5.41) is -0.226. The van der Waals surface area contributed by atoms with Crippen LogP contribution in [-0.2, 0) is 0 Å². The lowest BCUT2D eigenvalue weighted by Gasteiger charge is -1.95. The number of hydrogen-bond acceptors (Lipinski definition) is 3. The Morgan fingerprint density at radius 1 is 1.33 bits per heavy atom. The summed E-state index contributed by atoms with van der Waals surface area (Å²) in [5.41, 5.74) is -1.72. The number of nitrogens with one attached hydrogen (secondary N) is 2. The predicted molar refractivity (Wildman–Crippen MR) is 42.7 cm³/mol. The molecule has 0 amide bonds. The largest absolute Gasteiger partial charge is 0.326 e. The first-order valence-corrected chi connectivity index (χ1v) is 3.43. The summed E-state index contributed by atoms with van der Waals surface area (Å²) < 4.78 is 0. The van der Waals surface area contributed by atoms with Gasteiger partial charge in [0.2, 0.25) is 0 Å². The Morgan fingerprint density at radius 2 is 1.92 bits per heavy atom. The normalized spacial score (nSPS) is 9.83. The maximum Gasteiger partial charge on any atom is 0.326 e. The van der Waals surface area contributed by atoms with Gasteiger partial charge in [0.15, 0.2) is 5.78 Å². The van der Waals surface area contributed by atoms with Gasteiger partial charge in [-0.25, -0.2) is 4.79 Å². The molecule has 6 heteroatoms. The minimum atomic E-state index is -0.767. The molecule has 0 saturated heterocycles. The van der Waals surface area contributed by atoms with Gasteiger partial charge in [0.25, 0.3) is 5.56 Å². The van der Waals surface area contributed by atoms with E-state index >= 15 is 0 Å². The number of halogens is 1. The van der Waals surface area contributed by atoms with Crippen molar-refractivity contribution in [1.29, 1.82) is 0 Å². The zero-order valence-electron chi connectivity index (χ0n) is 6.10. The summed E-state index contributed by atoms with van der Waals surface area (Å²) in [6, 6.07) is 0. The van der Waals surface area contributed by atoms with Gasteiger partial charge in [-0.05, 0) is 6.92 Å². The third-order valence-corrected chi connectivity index (χ3v) is 1.53. The van der Waals surface area contributed by atoms with Crippen molar-refractivity contribution in [2.24, 2.45) is 0 Å². The van der Waals surface area contributed by atoms with E-state index in [1.54, 1.807) is 0 Å². The monoisotopic (exact) mass is 188 g/mol. The number of aromatic nitrogens is 2. The van der Waals surface area contributed by atoms with Gasteiger partial charge < -0.3 is 0 Å². The van der Waals surface area contributed by atoms with Crippen LogP contribution in [0.15, 0.2) is 9.59 Å². The standard InChI is InChI=1S/C6H5ClN2O3/c1-2(10)3-4(7)8-6(12)9-5(3)11/h1H3,(H2,8,9,11,12). The molecule has 64 valence electrons. The van der Waals surface area contributed by atoms with Crippen LogP contribution in [0, 0.1) is 0 Å². The molecule has 1 aromatic heterocycles. The van der Waals surface area contributed by atoms with Crippen LogP contribution in [0.1, 0.15) is 17.3 Å². The molecule has 0 radical (unpaired) electrons. The minimum absolute atomic E-state index is 0.226. The van der Waals surface area contributed by atoms with Crippen LogP contribution >= 0.6 is 11.6 Å². The topological polar surface area (TPSA) is 82.8 Å². The van der Waals surface area contributed by atoms with Crippen LogP contribution < -0.4 is 11.2 Å². The lowest BCUT2D eigenvalue weighted by molar-refractivity contribution is 0.101. The molecule has 1 heterocycles. The number of hydrogen-bond donors (Lipinski definition) is 2. The van der Waals surface area contributed by atoms with Crippen LogP contribution in [0.3, 0.4) is 0 Å². The zero-order chi connectivity index (χ0) is 9.30. The van der Waals surface area contributed by atoms with Crippen LogP contribution in [0.4, 0.5) is 0 Å². The first kappa shape index (κ1) is 8.73. The maximum absolute atomic E-state index is 10.9. The summed E-state index contributed by atoms with van der Waals surface area (Å²) in [6.45, 7) is 1.19. The second-order valence-electron chi connectivity index (χ2n) is 2.15. The molecule has 0 bridgehead atoms. The summed E-state index contributed by atoms with van der Waals surface area (Å²) in [6.07, 6.45) is 0. The number of Topliss-reactive ketones (excluding diaryl/α,β-unsaturated/α-hetero) is 1. The van der Waals surface area contributed by atoms with E-state index in [0.717, 1.165) is 0 Å². The molecule has 0 fully saturated rings. The van der Waals surface area contributed by atoms with Crippen molar-refractivity contribution in [3.05, 3.63) is 31.6 Å². The van der Waals surface area contributed by atoms with Gasteiger partial charge in [0.05, 0.1) is 0 Å². The van der Waals surface area contributed by atoms with Gasteiger partial charge in [-0.1, -0.05) is 11.6 Å². The Morgan fingerprint density at radius 3 is 2.33 bits per heavy atom. The fourth-order valence-corrected chi connectivity index (χ4v) is 1.08. The second kappa shape index (κ2) is 2.94. The highest BCUT2D eigenvalue weighted by atomic mass is 35.5. The zero-order valence-corrected chi connectivity index (χ0v) is 6.86.